The molecule has 4 rings (SSSR count). The number of hydrazine groups is 1. The molecule has 1 unspecified atom stereocenters. The number of urea groups is 1. The summed E-state index contributed by atoms with van der Waals surface area (Å²) in [4.78, 5) is 38.0. The number of nitrogens with one attached hydrogen (secondary N) is 2. The number of unbranched alkanes of at least 4 members (excludes halogenated alkanes) is 1. The van der Waals surface area contributed by atoms with E-state index in [9.17, 15) is 14.4 Å². The van der Waals surface area contributed by atoms with Crippen molar-refractivity contribution in [1.29, 1.82) is 0 Å². The van der Waals surface area contributed by atoms with Crippen molar-refractivity contribution >= 4 is 29.4 Å². The van der Waals surface area contributed by atoms with Crippen LogP contribution in [0.15, 0.2) is 24.3 Å². The van der Waals surface area contributed by atoms with Crippen LogP contribution < -0.4 is 16.0 Å². The first-order chi connectivity index (χ1) is 15.4. The van der Waals surface area contributed by atoms with Crippen LogP contribution in [0.2, 0.25) is 0 Å². The minimum absolute atomic E-state index is 0.129. The second-order valence-electron chi connectivity index (χ2n) is 8.20. The van der Waals surface area contributed by atoms with Gasteiger partial charge in [0.1, 0.15) is 5.82 Å². The number of hydrogen-bond donors (Lipinski definition) is 3. The molecule has 10 heteroatoms. The third-order valence-electron chi connectivity index (χ3n) is 5.95. The van der Waals surface area contributed by atoms with E-state index in [1.807, 2.05) is 29.3 Å². The first-order valence-electron chi connectivity index (χ1n) is 11.0. The van der Waals surface area contributed by atoms with Crippen LogP contribution in [0, 0.1) is 0 Å². The van der Waals surface area contributed by atoms with E-state index in [-0.39, 0.29) is 17.9 Å². The van der Waals surface area contributed by atoms with Gasteiger partial charge in [0.05, 0.1) is 18.3 Å². The molecule has 0 saturated carbocycles. The number of nitrogens with two attached hydrogens (primary N) is 1. The monoisotopic (exact) mass is 439 g/mol. The third kappa shape index (κ3) is 4.05. The van der Waals surface area contributed by atoms with Crippen molar-refractivity contribution in [2.45, 2.75) is 52.1 Å². The highest BCUT2D eigenvalue weighted by Crippen LogP contribution is 2.43. The van der Waals surface area contributed by atoms with Gasteiger partial charge >= 0.3 is 6.03 Å². The number of anilines is 2. The van der Waals surface area contributed by atoms with Gasteiger partial charge in [-0.25, -0.2) is 4.79 Å². The molecule has 170 valence electrons. The number of fused-ring (bicyclic) bond motifs is 1. The van der Waals surface area contributed by atoms with E-state index in [1.165, 1.54) is 6.92 Å². The summed E-state index contributed by atoms with van der Waals surface area (Å²) in [6, 6.07) is 6.87. The molecule has 3 heterocycles. The van der Waals surface area contributed by atoms with E-state index in [4.69, 9.17) is 5.73 Å². The lowest BCUT2D eigenvalue weighted by molar-refractivity contribution is -0.117. The number of carbonyl (C=O) groups excluding carboxylic acids is 3. The third-order valence-corrected chi connectivity index (χ3v) is 5.95. The van der Waals surface area contributed by atoms with Gasteiger partial charge in [0.2, 0.25) is 11.8 Å². The molecule has 1 aromatic heterocycles. The molecule has 2 aliphatic heterocycles. The second-order valence-corrected chi connectivity index (χ2v) is 8.20. The summed E-state index contributed by atoms with van der Waals surface area (Å²) in [5.41, 5.74) is 9.08. The van der Waals surface area contributed by atoms with Gasteiger partial charge in [-0.2, -0.15) is 10.1 Å². The summed E-state index contributed by atoms with van der Waals surface area (Å²) < 4.78 is 0. The van der Waals surface area contributed by atoms with Crippen LogP contribution in [-0.4, -0.2) is 51.2 Å². The number of hydrogen-bond acceptors (Lipinski definition) is 5. The highest BCUT2D eigenvalue weighted by molar-refractivity contribution is 5.95. The van der Waals surface area contributed by atoms with Crippen LogP contribution in [0.5, 0.6) is 0 Å². The fraction of sp³-hybridized carbons (Fsp3) is 0.455. The zero-order chi connectivity index (χ0) is 22.8. The van der Waals surface area contributed by atoms with E-state index >= 15 is 0 Å². The van der Waals surface area contributed by atoms with Crippen molar-refractivity contribution in [3.8, 4) is 0 Å². The Morgan fingerprint density at radius 1 is 1.31 bits per heavy atom. The number of amides is 4. The summed E-state index contributed by atoms with van der Waals surface area (Å²) in [6.45, 7) is 5.09. The number of benzene rings is 1. The molecule has 0 aliphatic carbocycles. The zero-order valence-electron chi connectivity index (χ0n) is 18.4. The highest BCUT2D eigenvalue weighted by atomic mass is 16.2. The Morgan fingerprint density at radius 3 is 2.66 bits per heavy atom. The van der Waals surface area contributed by atoms with Crippen molar-refractivity contribution in [2.75, 3.05) is 23.3 Å². The number of aromatic amines is 1. The number of H-pyrrole nitrogens is 1. The van der Waals surface area contributed by atoms with Gasteiger partial charge in [0, 0.05) is 37.7 Å². The lowest BCUT2D eigenvalue weighted by Gasteiger charge is -2.35. The molecular formula is C22H29N7O3. The second kappa shape index (κ2) is 8.99. The van der Waals surface area contributed by atoms with Gasteiger partial charge in [-0.3, -0.25) is 19.7 Å². The average Bonchev–Trinajstić information content (AvgIpc) is 3.44. The number of aromatic nitrogens is 2. The molecule has 10 nitrogen and oxygen atoms in total. The van der Waals surface area contributed by atoms with Crippen LogP contribution in [0.25, 0.3) is 0 Å². The summed E-state index contributed by atoms with van der Waals surface area (Å²) in [6.07, 6.45) is 3.16. The molecule has 4 N–H and O–H groups in total. The molecule has 1 atom stereocenters. The Morgan fingerprint density at radius 2 is 2.06 bits per heavy atom. The van der Waals surface area contributed by atoms with Gasteiger partial charge in [0.15, 0.2) is 0 Å². The van der Waals surface area contributed by atoms with E-state index < -0.39 is 6.03 Å². The Labute approximate surface area is 186 Å². The highest BCUT2D eigenvalue weighted by Gasteiger charge is 2.40. The van der Waals surface area contributed by atoms with Crippen LogP contribution >= 0.6 is 0 Å². The van der Waals surface area contributed by atoms with E-state index in [2.05, 4.69) is 22.4 Å². The Kier molecular flexibility index (Phi) is 6.13. The van der Waals surface area contributed by atoms with Crippen molar-refractivity contribution in [2.24, 2.45) is 5.73 Å². The van der Waals surface area contributed by atoms with Crippen LogP contribution in [-0.2, 0) is 16.1 Å². The van der Waals surface area contributed by atoms with Gasteiger partial charge < -0.3 is 16.0 Å². The maximum Gasteiger partial charge on any atom is 0.329 e. The first-order valence-corrected chi connectivity index (χ1v) is 11.0. The molecule has 0 spiro atoms. The molecule has 0 bridgehead atoms. The average molecular weight is 440 g/mol. The lowest BCUT2D eigenvalue weighted by Crippen LogP contribution is -2.49. The van der Waals surface area contributed by atoms with Crippen molar-refractivity contribution in [3.63, 3.8) is 0 Å². The quantitative estimate of drug-likeness (QED) is 0.611. The van der Waals surface area contributed by atoms with Gasteiger partial charge in [-0.1, -0.05) is 25.5 Å². The number of nitrogens with zero attached hydrogens (tertiary/aromatic N) is 4. The summed E-state index contributed by atoms with van der Waals surface area (Å²) in [5.74, 6) is 0.428. The van der Waals surface area contributed by atoms with Gasteiger partial charge in [-0.05, 0) is 30.5 Å². The first kappa shape index (κ1) is 21.8. The fourth-order valence-corrected chi connectivity index (χ4v) is 4.46. The molecule has 0 radical (unpaired) electrons. The van der Waals surface area contributed by atoms with Crippen molar-refractivity contribution in [1.82, 2.24) is 20.2 Å². The molecule has 2 aromatic rings. The molecule has 1 saturated heterocycles. The fourth-order valence-electron chi connectivity index (χ4n) is 4.46. The molecular weight excluding hydrogens is 410 g/mol. The van der Waals surface area contributed by atoms with Crippen molar-refractivity contribution < 1.29 is 14.4 Å². The molecule has 1 aromatic carbocycles. The van der Waals surface area contributed by atoms with Crippen LogP contribution in [0.1, 0.15) is 62.4 Å². The number of carbonyl (C=O) groups is 3. The molecule has 32 heavy (non-hydrogen) atoms. The SMILES string of the molecule is CCCCN(C(N)=O)N1Cc2n[nH]c(NC(C)=O)c2C1c1ccc(N2CCCC2=O)cc1. The van der Waals surface area contributed by atoms with E-state index in [0.717, 1.165) is 48.3 Å². The predicted molar refractivity (Wildman–Crippen MR) is 120 cm³/mol. The Bertz CT molecular complexity index is 1020. The number of primary amides is 1. The maximum atomic E-state index is 12.3. The smallest absolute Gasteiger partial charge is 0.329 e. The van der Waals surface area contributed by atoms with Crippen LogP contribution in [0.4, 0.5) is 16.3 Å². The normalized spacial score (nSPS) is 18.1. The predicted octanol–water partition coefficient (Wildman–Crippen LogP) is 2.50. The van der Waals surface area contributed by atoms with E-state index in [0.29, 0.717) is 25.3 Å². The van der Waals surface area contributed by atoms with Gasteiger partial charge in [-0.15, -0.1) is 0 Å². The molecule has 4 amide bonds. The maximum absolute atomic E-state index is 12.3. The Balaban J connectivity index is 1.72. The number of rotatable bonds is 7. The standard InChI is InChI=1S/C22H29N7O3/c1-3-4-12-28(22(23)32)29-13-17-19(21(26-25-17)24-14(2)30)20(29)15-7-9-16(10-8-15)27-11-5-6-18(27)31/h7-10,20H,3-6,11-13H2,1-2H3,(H2,23,32)(H2,24,25,26,30). The summed E-state index contributed by atoms with van der Waals surface area (Å²) in [5, 5.41) is 13.6. The molecule has 1 fully saturated rings. The minimum atomic E-state index is -0.530. The van der Waals surface area contributed by atoms with Crippen LogP contribution in [0.3, 0.4) is 0 Å². The lowest BCUT2D eigenvalue weighted by atomic mass is 10.0. The minimum Gasteiger partial charge on any atom is -0.350 e. The summed E-state index contributed by atoms with van der Waals surface area (Å²) >= 11 is 0. The Hall–Kier alpha value is -3.40. The zero-order valence-corrected chi connectivity index (χ0v) is 18.4. The van der Waals surface area contributed by atoms with E-state index in [1.54, 1.807) is 9.91 Å². The topological polar surface area (TPSA) is 128 Å². The van der Waals surface area contributed by atoms with Gasteiger partial charge in [0.25, 0.3) is 0 Å². The largest absolute Gasteiger partial charge is 0.350 e. The summed E-state index contributed by atoms with van der Waals surface area (Å²) in [7, 11) is 0. The molecule has 2 aliphatic rings. The van der Waals surface area contributed by atoms with Crippen molar-refractivity contribution in [3.05, 3.63) is 41.1 Å².